The second-order valence-electron chi connectivity index (χ2n) is 7.83. The number of phenols is 2. The summed E-state index contributed by atoms with van der Waals surface area (Å²) in [5.74, 6) is 0.638. The molecule has 4 N–H and O–H groups in total. The molecule has 27 heavy (non-hydrogen) atoms. The molecule has 0 unspecified atom stereocenters. The van der Waals surface area contributed by atoms with Crippen LogP contribution in [0.5, 0.6) is 28.7 Å². The van der Waals surface area contributed by atoms with Crippen LogP contribution in [-0.4, -0.2) is 38.7 Å². The van der Waals surface area contributed by atoms with Crippen LogP contribution in [0, 0.1) is 0 Å². The molecule has 0 amide bonds. The van der Waals surface area contributed by atoms with Gasteiger partial charge in [-0.25, -0.2) is 0 Å². The highest BCUT2D eigenvalue weighted by Crippen LogP contribution is 2.56. The summed E-state index contributed by atoms with van der Waals surface area (Å²) < 4.78 is 17.7. The van der Waals surface area contributed by atoms with Gasteiger partial charge in [-0.15, -0.1) is 0 Å². The number of phenolic OH excluding ortho intramolecular Hbond substituents is 2. The SMILES string of the molecule is CC1(C)Oc2cc3c(cc2[C@H](O)[C@H]1O)[C@@H]1COc2c(ccc(O)c2O)[C@@H]1O3. The van der Waals surface area contributed by atoms with Gasteiger partial charge in [0.15, 0.2) is 11.5 Å². The van der Waals surface area contributed by atoms with E-state index in [1.165, 1.54) is 6.07 Å². The maximum atomic E-state index is 10.6. The van der Waals surface area contributed by atoms with Crippen molar-refractivity contribution in [1.29, 1.82) is 0 Å². The van der Waals surface area contributed by atoms with Crippen molar-refractivity contribution >= 4 is 0 Å². The average molecular weight is 372 g/mol. The molecular formula is C20H20O7. The van der Waals surface area contributed by atoms with Crippen LogP contribution in [0.25, 0.3) is 0 Å². The molecule has 3 aliphatic heterocycles. The number of hydrogen-bond acceptors (Lipinski definition) is 7. The van der Waals surface area contributed by atoms with Gasteiger partial charge in [-0.3, -0.25) is 0 Å². The van der Waals surface area contributed by atoms with E-state index in [9.17, 15) is 20.4 Å². The first-order valence-electron chi connectivity index (χ1n) is 8.85. The third-order valence-corrected chi connectivity index (χ3v) is 5.72. The van der Waals surface area contributed by atoms with Crippen LogP contribution in [0.2, 0.25) is 0 Å². The summed E-state index contributed by atoms with van der Waals surface area (Å²) in [5, 5.41) is 40.7. The summed E-state index contributed by atoms with van der Waals surface area (Å²) in [5.41, 5.74) is 1.10. The van der Waals surface area contributed by atoms with Gasteiger partial charge in [-0.1, -0.05) is 0 Å². The number of aromatic hydroxyl groups is 2. The summed E-state index contributed by atoms with van der Waals surface area (Å²) in [6.07, 6.45) is -2.50. The van der Waals surface area contributed by atoms with Crippen LogP contribution in [0.15, 0.2) is 24.3 Å². The van der Waals surface area contributed by atoms with Crippen molar-refractivity contribution in [2.24, 2.45) is 0 Å². The van der Waals surface area contributed by atoms with Crippen molar-refractivity contribution in [3.8, 4) is 28.7 Å². The Kier molecular flexibility index (Phi) is 3.19. The minimum atomic E-state index is -1.06. The zero-order valence-corrected chi connectivity index (χ0v) is 14.8. The molecule has 0 aliphatic carbocycles. The molecule has 2 aromatic rings. The summed E-state index contributed by atoms with van der Waals surface area (Å²) in [7, 11) is 0. The van der Waals surface area contributed by atoms with Crippen molar-refractivity contribution in [3.63, 3.8) is 0 Å². The van der Waals surface area contributed by atoms with Gasteiger partial charge in [0, 0.05) is 22.8 Å². The third kappa shape index (κ3) is 2.15. The Morgan fingerprint density at radius 1 is 1.00 bits per heavy atom. The van der Waals surface area contributed by atoms with Gasteiger partial charge < -0.3 is 34.6 Å². The Bertz CT molecular complexity index is 952. The maximum Gasteiger partial charge on any atom is 0.200 e. The van der Waals surface area contributed by atoms with E-state index in [0.29, 0.717) is 22.6 Å². The quantitative estimate of drug-likeness (QED) is 0.525. The van der Waals surface area contributed by atoms with Crippen LogP contribution in [0.1, 0.15) is 48.7 Å². The number of ether oxygens (including phenoxy) is 3. The van der Waals surface area contributed by atoms with E-state index in [-0.39, 0.29) is 35.9 Å². The number of fused-ring (bicyclic) bond motifs is 6. The zero-order chi connectivity index (χ0) is 19.1. The molecule has 3 aliphatic rings. The standard InChI is InChI=1S/C20H20O7/c1-20(2)19(24)15(22)10-5-9-11-7-25-18-8(3-4-12(21)16(18)23)17(11)26-13(9)6-14(10)27-20/h3-6,11,15,17,19,21-24H,7H2,1-2H3/t11-,15-,17-,19+/m0/s1. The van der Waals surface area contributed by atoms with Crippen LogP contribution in [-0.2, 0) is 0 Å². The van der Waals surface area contributed by atoms with Crippen molar-refractivity contribution in [3.05, 3.63) is 41.0 Å². The van der Waals surface area contributed by atoms with Crippen LogP contribution >= 0.6 is 0 Å². The van der Waals surface area contributed by atoms with Crippen LogP contribution in [0.4, 0.5) is 0 Å². The number of benzene rings is 2. The molecule has 3 heterocycles. The van der Waals surface area contributed by atoms with E-state index in [0.717, 1.165) is 5.56 Å². The van der Waals surface area contributed by atoms with E-state index >= 15 is 0 Å². The smallest absolute Gasteiger partial charge is 0.200 e. The summed E-state index contributed by atoms with van der Waals surface area (Å²) in [6.45, 7) is 3.69. The highest BCUT2D eigenvalue weighted by Gasteiger charge is 2.46. The second kappa shape index (κ2) is 5.21. The number of rotatable bonds is 0. The van der Waals surface area contributed by atoms with E-state index < -0.39 is 17.8 Å². The topological polar surface area (TPSA) is 109 Å². The van der Waals surface area contributed by atoms with E-state index in [1.54, 1.807) is 32.0 Å². The zero-order valence-electron chi connectivity index (χ0n) is 14.8. The normalized spacial score (nSPS) is 29.3. The predicted octanol–water partition coefficient (Wildman–Crippen LogP) is 2.27. The molecule has 0 fully saturated rings. The van der Waals surface area contributed by atoms with Crippen LogP contribution < -0.4 is 14.2 Å². The predicted molar refractivity (Wildman–Crippen MR) is 93.5 cm³/mol. The molecule has 4 atom stereocenters. The molecule has 0 radical (unpaired) electrons. The van der Waals surface area contributed by atoms with E-state index in [4.69, 9.17) is 14.2 Å². The molecular weight excluding hydrogens is 352 g/mol. The summed E-state index contributed by atoms with van der Waals surface area (Å²) >= 11 is 0. The molecule has 7 nitrogen and oxygen atoms in total. The highest BCUT2D eigenvalue weighted by atomic mass is 16.5. The lowest BCUT2D eigenvalue weighted by molar-refractivity contribution is -0.111. The van der Waals surface area contributed by atoms with Gasteiger partial charge in [-0.2, -0.15) is 0 Å². The maximum absolute atomic E-state index is 10.6. The Morgan fingerprint density at radius 3 is 2.56 bits per heavy atom. The van der Waals surface area contributed by atoms with Crippen molar-refractivity contribution in [2.45, 2.75) is 43.7 Å². The number of aliphatic hydroxyl groups excluding tert-OH is 2. The largest absolute Gasteiger partial charge is 0.504 e. The Labute approximate surface area is 155 Å². The fourth-order valence-corrected chi connectivity index (χ4v) is 4.17. The third-order valence-electron chi connectivity index (χ3n) is 5.72. The van der Waals surface area contributed by atoms with Gasteiger partial charge in [0.2, 0.25) is 5.75 Å². The molecule has 5 rings (SSSR count). The lowest BCUT2D eigenvalue weighted by atomic mass is 9.84. The van der Waals surface area contributed by atoms with Crippen LogP contribution in [0.3, 0.4) is 0 Å². The van der Waals surface area contributed by atoms with Crippen molar-refractivity contribution in [1.82, 2.24) is 0 Å². The average Bonchev–Trinajstić information content (AvgIpc) is 2.99. The molecule has 7 heteroatoms. The molecule has 2 aromatic carbocycles. The lowest BCUT2D eigenvalue weighted by Gasteiger charge is -2.40. The summed E-state index contributed by atoms with van der Waals surface area (Å²) in [6, 6.07) is 6.61. The first kappa shape index (κ1) is 16.5. The molecule has 0 aromatic heterocycles. The van der Waals surface area contributed by atoms with Gasteiger partial charge >= 0.3 is 0 Å². The minimum absolute atomic E-state index is 0.138. The monoisotopic (exact) mass is 372 g/mol. The number of hydrogen-bond donors (Lipinski definition) is 4. The summed E-state index contributed by atoms with van der Waals surface area (Å²) in [4.78, 5) is 0. The van der Waals surface area contributed by atoms with Gasteiger partial charge in [-0.05, 0) is 32.0 Å². The minimum Gasteiger partial charge on any atom is -0.504 e. The molecule has 0 saturated carbocycles. The fraction of sp³-hybridized carbons (Fsp3) is 0.400. The molecule has 0 saturated heterocycles. The molecule has 142 valence electrons. The van der Waals surface area contributed by atoms with E-state index in [2.05, 4.69) is 0 Å². The molecule has 0 spiro atoms. The Hall–Kier alpha value is -2.64. The lowest BCUT2D eigenvalue weighted by Crippen LogP contribution is -2.48. The van der Waals surface area contributed by atoms with Crippen molar-refractivity contribution < 1.29 is 34.6 Å². The van der Waals surface area contributed by atoms with Gasteiger partial charge in [0.05, 0.1) is 12.5 Å². The molecule has 0 bridgehead atoms. The van der Waals surface area contributed by atoms with Gasteiger partial charge in [0.1, 0.15) is 35.4 Å². The second-order valence-corrected chi connectivity index (χ2v) is 7.83. The first-order valence-corrected chi connectivity index (χ1v) is 8.85. The first-order chi connectivity index (χ1) is 12.8. The Balaban J connectivity index is 1.59. The number of aliphatic hydroxyl groups is 2. The fourth-order valence-electron chi connectivity index (χ4n) is 4.17. The highest BCUT2D eigenvalue weighted by molar-refractivity contribution is 5.60. The Morgan fingerprint density at radius 2 is 1.78 bits per heavy atom. The van der Waals surface area contributed by atoms with Gasteiger partial charge in [0.25, 0.3) is 0 Å². The van der Waals surface area contributed by atoms with E-state index in [1.807, 2.05) is 0 Å². The van der Waals surface area contributed by atoms with Crippen molar-refractivity contribution in [2.75, 3.05) is 6.61 Å².